The fraction of sp³-hybridized carbons (Fsp3) is 0.321. The summed E-state index contributed by atoms with van der Waals surface area (Å²) in [6, 6.07) is 22.6. The van der Waals surface area contributed by atoms with Crippen LogP contribution >= 0.6 is 0 Å². The Morgan fingerprint density at radius 1 is 0.286 bits per heavy atom. The molecule has 5 aliphatic carbocycles. The van der Waals surface area contributed by atoms with E-state index in [1.807, 2.05) is 37.3 Å². The summed E-state index contributed by atoms with van der Waals surface area (Å²) in [4.78, 5) is 0. The van der Waals surface area contributed by atoms with Gasteiger partial charge in [-0.2, -0.15) is 0 Å². The zero-order valence-electron chi connectivity index (χ0n) is 78.3. The summed E-state index contributed by atoms with van der Waals surface area (Å²) >= 11 is 0. The van der Waals surface area contributed by atoms with Crippen LogP contribution in [0.3, 0.4) is 0 Å². The van der Waals surface area contributed by atoms with Crippen molar-refractivity contribution in [1.82, 2.24) is 0 Å². The third kappa shape index (κ3) is 32.3. The van der Waals surface area contributed by atoms with Crippen LogP contribution in [-0.2, 0) is 64.2 Å². The van der Waals surface area contributed by atoms with Gasteiger partial charge in [-0.05, 0) is 292 Å². The second kappa shape index (κ2) is 50.0. The van der Waals surface area contributed by atoms with E-state index in [2.05, 4.69) is 116 Å². The SMILES string of the molecule is C/C=C/C1CCc2c(ccc(C#Cc3cc(F)c(OC(F)(F)F)c(F)c3)c2F)C1.C=CC1CCc2c(ccc(C#Cc3cc(F)c(OC(F)(F)F)c(F)c3)c2F)C1.C=CCCC1CCc2c(ccc(C#Cc3cc(F)c(OC(F)(F)F)c(F)c3)c2F)C1.CCCC1CCc2c(ccc(C#Cc3cc(F)c(OC(F)(F)F)c(F)c3)c2F)C1.CCCCCC1CCc2c(ccc(C#Cc3cc(F)c(OC(F)(F)F)c(F)c3)c2F)C1. The van der Waals surface area contributed by atoms with Gasteiger partial charge in [0.1, 0.15) is 29.1 Å². The Morgan fingerprint density at radius 3 is 0.748 bits per heavy atom. The normalized spacial score (nSPS) is 16.0. The third-order valence-electron chi connectivity index (χ3n) is 24.4. The van der Waals surface area contributed by atoms with Crippen molar-refractivity contribution in [3.63, 3.8) is 0 Å². The average Bonchev–Trinajstić information content (AvgIpc) is 0.808. The Morgan fingerprint density at radius 2 is 0.517 bits per heavy atom. The topological polar surface area (TPSA) is 46.2 Å². The average molecular weight is 2080 g/mol. The lowest BCUT2D eigenvalue weighted by atomic mass is 9.80. The Hall–Kier alpha value is -13.9. The first-order chi connectivity index (χ1) is 69.4. The van der Waals surface area contributed by atoms with Crippen LogP contribution in [0.1, 0.15) is 216 Å². The first kappa shape index (κ1) is 113. The molecule has 0 aliphatic heterocycles. The lowest BCUT2D eigenvalue weighted by Crippen LogP contribution is -2.19. The van der Waals surface area contributed by atoms with Crippen molar-refractivity contribution in [3.05, 3.63) is 357 Å². The Kier molecular flexibility index (Phi) is 38.6. The Bertz CT molecular complexity index is 6740. The molecule has 0 fully saturated rings. The molecule has 5 unspecified atom stereocenters. The number of benzene rings is 10. The van der Waals surface area contributed by atoms with Crippen LogP contribution < -0.4 is 23.7 Å². The molecule has 5 nitrogen and oxygen atoms in total. The Balaban J connectivity index is 0.000000175. The number of allylic oxidation sites excluding steroid dienone is 4. The van der Waals surface area contributed by atoms with Gasteiger partial charge in [0.15, 0.2) is 58.2 Å². The maximum Gasteiger partial charge on any atom is 0.573 e. The molecule has 0 radical (unpaired) electrons. The summed E-state index contributed by atoms with van der Waals surface area (Å²) in [7, 11) is 0. The number of fused-ring (bicyclic) bond motifs is 5. The summed E-state index contributed by atoms with van der Waals surface area (Å²) in [5, 5.41) is 0. The van der Waals surface area contributed by atoms with Crippen molar-refractivity contribution < 1.29 is 155 Å². The maximum absolute atomic E-state index is 14.9. The molecular formula is C112H88F30O5. The standard InChI is InChI=1S/C24H22F6O.C23H18F6O.C22H18F6O.C22H16F6O.C21H14F6O/c1-2-3-4-5-15-7-11-19-18(12-15)10-9-17(22(19)27)8-6-16-13-20(25)23(21(26)14-16)31-24(28,29)30;1-2-3-4-14-6-10-18-17(11-14)9-8-16(21(18)26)7-5-15-12-19(24)22(20(25)13-15)30-23(27,28)29;2*1-2-3-13-5-9-17-16(10-13)8-7-15(20(17)25)6-4-14-11-18(23)21(19(24)12-14)29-22(26,27)28;1-2-12-4-8-16-15(9-12)7-6-14(19(16)24)5-3-13-10-17(22)20(18(23)11-13)28-21(25,26)27/h9-10,13-15H,2-5,7,11-12H2,1H3;2,8-9,12-14H,1,3-4,6,10-11H2;7-8,11-13H,2-3,5,9-10H2,1H3;2-3,7-8,11-13H,5,9-10H2,1H3;2,6-7,10-12H,1,4,8-9H2/b;;;3-2+;. The summed E-state index contributed by atoms with van der Waals surface area (Å²) in [5.74, 6) is 1.13. The lowest BCUT2D eigenvalue weighted by Gasteiger charge is -2.25. The first-order valence-electron chi connectivity index (χ1n) is 46.1. The van der Waals surface area contributed by atoms with E-state index in [0.717, 1.165) is 124 Å². The minimum absolute atomic E-state index is 0.0484. The van der Waals surface area contributed by atoms with E-state index < -0.39 is 148 Å². The van der Waals surface area contributed by atoms with Gasteiger partial charge in [-0.1, -0.05) is 166 Å². The number of alkyl halides is 15. The van der Waals surface area contributed by atoms with Crippen molar-refractivity contribution in [3.8, 4) is 88.0 Å². The van der Waals surface area contributed by atoms with Gasteiger partial charge in [0.2, 0.25) is 28.7 Å². The largest absolute Gasteiger partial charge is 0.573 e. The molecule has 10 aromatic carbocycles. The van der Waals surface area contributed by atoms with Crippen molar-refractivity contribution >= 4 is 0 Å². The molecule has 776 valence electrons. The number of hydrogen-bond donors (Lipinski definition) is 0. The summed E-state index contributed by atoms with van der Waals surface area (Å²) in [6.45, 7) is 13.7. The van der Waals surface area contributed by atoms with Crippen molar-refractivity contribution in [2.45, 2.75) is 200 Å². The molecule has 0 aromatic heterocycles. The smallest absolute Gasteiger partial charge is 0.399 e. The van der Waals surface area contributed by atoms with Gasteiger partial charge >= 0.3 is 31.8 Å². The monoisotopic (exact) mass is 2080 g/mol. The predicted molar refractivity (Wildman–Crippen MR) is 488 cm³/mol. The zero-order chi connectivity index (χ0) is 107. The van der Waals surface area contributed by atoms with Crippen molar-refractivity contribution in [2.75, 3.05) is 0 Å². The van der Waals surface area contributed by atoms with E-state index >= 15 is 0 Å². The van der Waals surface area contributed by atoms with Gasteiger partial charge in [-0.15, -0.1) is 79.0 Å². The highest BCUT2D eigenvalue weighted by molar-refractivity contribution is 5.56. The highest BCUT2D eigenvalue weighted by atomic mass is 19.4. The molecular weight excluding hydrogens is 2000 g/mol. The predicted octanol–water partition coefficient (Wildman–Crippen LogP) is 31.6. The van der Waals surface area contributed by atoms with E-state index in [0.29, 0.717) is 151 Å². The minimum atomic E-state index is -5.23. The fourth-order valence-corrected chi connectivity index (χ4v) is 17.6. The van der Waals surface area contributed by atoms with Crippen LogP contribution in [0.25, 0.3) is 0 Å². The second-order valence-corrected chi connectivity index (χ2v) is 34.9. The Labute approximate surface area is 826 Å². The molecule has 10 aromatic rings. The highest BCUT2D eigenvalue weighted by Gasteiger charge is 2.40. The molecule has 0 saturated heterocycles. The molecule has 15 rings (SSSR count). The quantitative estimate of drug-likeness (QED) is 0.0418. The van der Waals surface area contributed by atoms with Crippen LogP contribution in [0.2, 0.25) is 0 Å². The highest BCUT2D eigenvalue weighted by Crippen LogP contribution is 2.42. The third-order valence-corrected chi connectivity index (χ3v) is 24.4. The van der Waals surface area contributed by atoms with Crippen LogP contribution in [0.15, 0.2) is 159 Å². The van der Waals surface area contributed by atoms with Crippen molar-refractivity contribution in [1.29, 1.82) is 0 Å². The zero-order valence-corrected chi connectivity index (χ0v) is 78.3. The van der Waals surface area contributed by atoms with Gasteiger partial charge in [0.05, 0.1) is 27.8 Å². The van der Waals surface area contributed by atoms with E-state index in [4.69, 9.17) is 0 Å². The van der Waals surface area contributed by atoms with E-state index in [9.17, 15) is 132 Å². The molecule has 0 bridgehead atoms. The van der Waals surface area contributed by atoms with Gasteiger partial charge < -0.3 is 23.7 Å². The maximum atomic E-state index is 14.9. The summed E-state index contributed by atoms with van der Waals surface area (Å²) < 4.78 is 411. The van der Waals surface area contributed by atoms with Crippen LogP contribution in [0.4, 0.5) is 132 Å². The summed E-state index contributed by atoms with van der Waals surface area (Å²) in [6.07, 6.45) is 1.23. The van der Waals surface area contributed by atoms with Crippen LogP contribution in [0.5, 0.6) is 28.7 Å². The molecule has 147 heavy (non-hydrogen) atoms. The molecule has 0 saturated carbocycles. The van der Waals surface area contributed by atoms with Gasteiger partial charge in [-0.25, -0.2) is 65.9 Å². The van der Waals surface area contributed by atoms with Gasteiger partial charge in [-0.3, -0.25) is 0 Å². The second-order valence-electron chi connectivity index (χ2n) is 34.9. The number of ether oxygens (including phenoxy) is 5. The number of rotatable bonds is 16. The number of hydrogen-bond acceptors (Lipinski definition) is 5. The molecule has 0 spiro atoms. The summed E-state index contributed by atoms with van der Waals surface area (Å²) in [5.41, 5.74) is 6.69. The van der Waals surface area contributed by atoms with Gasteiger partial charge in [0, 0.05) is 27.8 Å². The molecule has 35 heteroatoms. The fourth-order valence-electron chi connectivity index (χ4n) is 17.6. The van der Waals surface area contributed by atoms with E-state index in [1.54, 1.807) is 18.2 Å². The molecule has 5 atom stereocenters. The molecule has 0 heterocycles. The number of unbranched alkanes of at least 4 members (excludes halogenated alkanes) is 2. The van der Waals surface area contributed by atoms with E-state index in [-0.39, 0.29) is 61.6 Å². The molecule has 0 amide bonds. The lowest BCUT2D eigenvalue weighted by molar-refractivity contribution is -0.277. The van der Waals surface area contributed by atoms with Crippen molar-refractivity contribution in [2.24, 2.45) is 29.6 Å². The number of halogens is 30. The molecule has 5 aliphatic rings. The van der Waals surface area contributed by atoms with Crippen LogP contribution in [-0.4, -0.2) is 31.8 Å². The minimum Gasteiger partial charge on any atom is -0.399 e. The van der Waals surface area contributed by atoms with Gasteiger partial charge in [0.25, 0.3) is 0 Å². The van der Waals surface area contributed by atoms with Crippen LogP contribution in [0, 0.1) is 176 Å². The first-order valence-corrected chi connectivity index (χ1v) is 46.1. The molecule has 0 N–H and O–H groups in total. The van der Waals surface area contributed by atoms with E-state index in [1.165, 1.54) is 43.2 Å².